The minimum atomic E-state index is 0. The molecule has 152 valence electrons. The first kappa shape index (κ1) is 20.6. The third-order valence-corrected chi connectivity index (χ3v) is 5.29. The smallest absolute Gasteiger partial charge is 0.227 e. The van der Waals surface area contributed by atoms with Crippen molar-refractivity contribution in [2.24, 2.45) is 0 Å². The van der Waals surface area contributed by atoms with Gasteiger partial charge in [0, 0.05) is 56.5 Å². The van der Waals surface area contributed by atoms with Crippen molar-refractivity contribution >= 4 is 29.9 Å². The molecule has 1 fully saturated rings. The lowest BCUT2D eigenvalue weighted by Crippen LogP contribution is -2.45. The Bertz CT molecular complexity index is 794. The molecule has 0 atom stereocenters. The van der Waals surface area contributed by atoms with Gasteiger partial charge in [-0.05, 0) is 32.1 Å². The van der Waals surface area contributed by atoms with Gasteiger partial charge in [0.2, 0.25) is 5.95 Å². The summed E-state index contributed by atoms with van der Waals surface area (Å²) in [5.74, 6) is 2.60. The summed E-state index contributed by atoms with van der Waals surface area (Å²) in [6.45, 7) is 5.93. The Labute approximate surface area is 172 Å². The number of likely N-dealkylation sites (N-methyl/N-ethyl adjacent to an activating group) is 1. The molecular weight excluding hydrogens is 376 g/mol. The van der Waals surface area contributed by atoms with Crippen molar-refractivity contribution in [2.75, 3.05) is 63.6 Å². The first-order valence-corrected chi connectivity index (χ1v) is 9.68. The summed E-state index contributed by atoms with van der Waals surface area (Å²) >= 11 is 0. The number of hydrogen-bond donors (Lipinski definition) is 2. The van der Waals surface area contributed by atoms with Crippen LogP contribution in [-0.2, 0) is 12.8 Å². The maximum atomic E-state index is 5.36. The van der Waals surface area contributed by atoms with Crippen molar-refractivity contribution in [3.05, 3.63) is 35.5 Å². The van der Waals surface area contributed by atoms with Crippen LogP contribution in [0.3, 0.4) is 0 Å². The van der Waals surface area contributed by atoms with Gasteiger partial charge in [-0.2, -0.15) is 4.98 Å². The molecule has 0 aliphatic carbocycles. The standard InChI is InChI=1S/C20H28N6O.ClH/c1-25-10-12-26(13-11-25)20-23-18-7-9-21-8-6-17(18)19(24-20)22-15-4-3-5-16(14-15)27-2;/h3-5,14,21H,6-13H2,1-2H3,(H,22,23,24);1H. The number of piperazine rings is 1. The van der Waals surface area contributed by atoms with Crippen LogP contribution in [-0.4, -0.2) is 68.3 Å². The Kier molecular flexibility index (Phi) is 6.93. The van der Waals surface area contributed by atoms with Crippen LogP contribution in [0.15, 0.2) is 24.3 Å². The maximum absolute atomic E-state index is 5.36. The van der Waals surface area contributed by atoms with Gasteiger partial charge in [-0.25, -0.2) is 4.98 Å². The van der Waals surface area contributed by atoms with Crippen LogP contribution < -0.4 is 20.3 Å². The van der Waals surface area contributed by atoms with E-state index in [1.807, 2.05) is 24.3 Å². The summed E-state index contributed by atoms with van der Waals surface area (Å²) in [7, 11) is 3.85. The Hall–Kier alpha value is -2.09. The number of anilines is 3. The average molecular weight is 405 g/mol. The van der Waals surface area contributed by atoms with Crippen molar-refractivity contribution in [2.45, 2.75) is 12.8 Å². The normalized spacial score (nSPS) is 17.3. The summed E-state index contributed by atoms with van der Waals surface area (Å²) in [5.41, 5.74) is 3.37. The van der Waals surface area contributed by atoms with Crippen LogP contribution in [0.5, 0.6) is 5.75 Å². The van der Waals surface area contributed by atoms with Crippen molar-refractivity contribution in [3.8, 4) is 5.75 Å². The lowest BCUT2D eigenvalue weighted by Gasteiger charge is -2.33. The Morgan fingerprint density at radius 1 is 1.07 bits per heavy atom. The molecule has 2 N–H and O–H groups in total. The highest BCUT2D eigenvalue weighted by Gasteiger charge is 2.22. The number of hydrogen-bond acceptors (Lipinski definition) is 7. The summed E-state index contributed by atoms with van der Waals surface area (Å²) in [6.07, 6.45) is 1.87. The van der Waals surface area contributed by atoms with Crippen molar-refractivity contribution < 1.29 is 4.74 Å². The summed E-state index contributed by atoms with van der Waals surface area (Å²) in [4.78, 5) is 14.5. The van der Waals surface area contributed by atoms with Crippen LogP contribution in [0.1, 0.15) is 11.3 Å². The van der Waals surface area contributed by atoms with E-state index in [9.17, 15) is 0 Å². The Balaban J connectivity index is 0.00000225. The van der Waals surface area contributed by atoms with E-state index < -0.39 is 0 Å². The molecular formula is C20H29ClN6O. The van der Waals surface area contributed by atoms with Gasteiger partial charge in [0.1, 0.15) is 11.6 Å². The van der Waals surface area contributed by atoms with E-state index >= 15 is 0 Å². The average Bonchev–Trinajstić information content (AvgIpc) is 2.94. The Morgan fingerprint density at radius 2 is 1.86 bits per heavy atom. The topological polar surface area (TPSA) is 65.5 Å². The van der Waals surface area contributed by atoms with Crippen LogP contribution in [0.2, 0.25) is 0 Å². The number of nitrogens with zero attached hydrogens (tertiary/aromatic N) is 4. The van der Waals surface area contributed by atoms with Gasteiger partial charge in [0.25, 0.3) is 0 Å². The van der Waals surface area contributed by atoms with E-state index in [0.717, 1.165) is 81.0 Å². The van der Waals surface area contributed by atoms with Crippen molar-refractivity contribution in [1.29, 1.82) is 0 Å². The van der Waals surface area contributed by atoms with Crippen LogP contribution in [0.4, 0.5) is 17.5 Å². The molecule has 2 aromatic rings. The highest BCUT2D eigenvalue weighted by Crippen LogP contribution is 2.27. The second-order valence-electron chi connectivity index (χ2n) is 7.19. The summed E-state index contributed by atoms with van der Waals surface area (Å²) in [6, 6.07) is 7.98. The van der Waals surface area contributed by atoms with E-state index in [4.69, 9.17) is 14.7 Å². The minimum absolute atomic E-state index is 0. The highest BCUT2D eigenvalue weighted by atomic mass is 35.5. The zero-order valence-electron chi connectivity index (χ0n) is 16.6. The molecule has 0 bridgehead atoms. The number of nitrogens with one attached hydrogen (secondary N) is 2. The number of ether oxygens (including phenoxy) is 1. The number of rotatable bonds is 4. The molecule has 1 saturated heterocycles. The van der Waals surface area contributed by atoms with Gasteiger partial charge in [0.15, 0.2) is 0 Å². The van der Waals surface area contributed by atoms with E-state index in [1.165, 1.54) is 5.56 Å². The third kappa shape index (κ3) is 4.66. The fourth-order valence-electron chi connectivity index (χ4n) is 3.62. The van der Waals surface area contributed by atoms with E-state index in [2.05, 4.69) is 27.5 Å². The zero-order chi connectivity index (χ0) is 18.6. The molecule has 0 spiro atoms. The van der Waals surface area contributed by atoms with E-state index in [-0.39, 0.29) is 12.4 Å². The van der Waals surface area contributed by atoms with Gasteiger partial charge >= 0.3 is 0 Å². The number of benzene rings is 1. The molecule has 0 amide bonds. The second-order valence-corrected chi connectivity index (χ2v) is 7.19. The molecule has 7 nitrogen and oxygen atoms in total. The molecule has 0 unspecified atom stereocenters. The third-order valence-electron chi connectivity index (χ3n) is 5.29. The van der Waals surface area contributed by atoms with Gasteiger partial charge in [0.05, 0.1) is 12.8 Å². The number of halogens is 1. The fourth-order valence-corrected chi connectivity index (χ4v) is 3.62. The lowest BCUT2D eigenvalue weighted by atomic mass is 10.1. The largest absolute Gasteiger partial charge is 0.497 e. The van der Waals surface area contributed by atoms with Crippen molar-refractivity contribution in [1.82, 2.24) is 20.2 Å². The molecule has 4 rings (SSSR count). The van der Waals surface area contributed by atoms with E-state index in [1.54, 1.807) is 7.11 Å². The van der Waals surface area contributed by atoms with E-state index in [0.29, 0.717) is 0 Å². The first-order valence-electron chi connectivity index (χ1n) is 9.68. The molecule has 28 heavy (non-hydrogen) atoms. The molecule has 0 radical (unpaired) electrons. The maximum Gasteiger partial charge on any atom is 0.227 e. The van der Waals surface area contributed by atoms with Crippen LogP contribution in [0.25, 0.3) is 0 Å². The number of aromatic nitrogens is 2. The van der Waals surface area contributed by atoms with Gasteiger partial charge in [-0.1, -0.05) is 6.07 Å². The molecule has 2 aliphatic rings. The van der Waals surface area contributed by atoms with Gasteiger partial charge < -0.3 is 25.2 Å². The SMILES string of the molecule is COc1cccc(Nc2nc(N3CCN(C)CC3)nc3c2CCNCC3)c1.Cl. The summed E-state index contributed by atoms with van der Waals surface area (Å²) in [5, 5.41) is 7.00. The summed E-state index contributed by atoms with van der Waals surface area (Å²) < 4.78 is 5.36. The predicted octanol–water partition coefficient (Wildman–Crippen LogP) is 2.09. The first-order chi connectivity index (χ1) is 13.2. The lowest BCUT2D eigenvalue weighted by molar-refractivity contribution is 0.311. The second kappa shape index (κ2) is 9.41. The predicted molar refractivity (Wildman–Crippen MR) is 116 cm³/mol. The van der Waals surface area contributed by atoms with Crippen LogP contribution in [0, 0.1) is 0 Å². The van der Waals surface area contributed by atoms with Crippen LogP contribution >= 0.6 is 12.4 Å². The molecule has 0 saturated carbocycles. The molecule has 2 aliphatic heterocycles. The number of fused-ring (bicyclic) bond motifs is 1. The quantitative estimate of drug-likeness (QED) is 0.808. The monoisotopic (exact) mass is 404 g/mol. The Morgan fingerprint density at radius 3 is 2.64 bits per heavy atom. The highest BCUT2D eigenvalue weighted by molar-refractivity contribution is 5.85. The molecule has 8 heteroatoms. The molecule has 3 heterocycles. The van der Waals surface area contributed by atoms with Gasteiger partial charge in [-0.15, -0.1) is 12.4 Å². The number of methoxy groups -OCH3 is 1. The van der Waals surface area contributed by atoms with Gasteiger partial charge in [-0.3, -0.25) is 0 Å². The van der Waals surface area contributed by atoms with Crippen molar-refractivity contribution in [3.63, 3.8) is 0 Å². The zero-order valence-corrected chi connectivity index (χ0v) is 17.4. The fraction of sp³-hybridized carbons (Fsp3) is 0.500. The minimum Gasteiger partial charge on any atom is -0.497 e. The molecule has 1 aromatic heterocycles. The molecule has 1 aromatic carbocycles.